The van der Waals surface area contributed by atoms with Crippen LogP contribution in [-0.4, -0.2) is 77.6 Å². The molecule has 150 valence electrons. The third-order valence-electron chi connectivity index (χ3n) is 4.63. The maximum Gasteiger partial charge on any atom is 0.414 e. The summed E-state index contributed by atoms with van der Waals surface area (Å²) in [6.45, 7) is 6.76. The first-order valence-electron chi connectivity index (χ1n) is 8.82. The first-order chi connectivity index (χ1) is 12.6. The van der Waals surface area contributed by atoms with Crippen LogP contribution >= 0.6 is 0 Å². The molecule has 0 radical (unpaired) electrons. The summed E-state index contributed by atoms with van der Waals surface area (Å²) in [6, 6.07) is 6.60. The third kappa shape index (κ3) is 7.76. The van der Waals surface area contributed by atoms with Crippen molar-refractivity contribution in [1.82, 2.24) is 9.80 Å². The summed E-state index contributed by atoms with van der Waals surface area (Å²) >= 11 is 0. The number of piperidine rings is 1. The molecule has 1 aliphatic rings. The van der Waals surface area contributed by atoms with Crippen LogP contribution in [0.15, 0.2) is 18.2 Å². The largest absolute Gasteiger partial charge is 0.473 e. The summed E-state index contributed by atoms with van der Waals surface area (Å²) in [5, 5.41) is 17.8. The first-order valence-corrected chi connectivity index (χ1v) is 8.82. The highest BCUT2D eigenvalue weighted by Gasteiger charge is 2.22. The molecule has 0 atom stereocenters. The minimum Gasteiger partial charge on any atom is -0.473 e. The summed E-state index contributed by atoms with van der Waals surface area (Å²) in [4.78, 5) is 35.0. The van der Waals surface area contributed by atoms with Gasteiger partial charge in [-0.3, -0.25) is 9.69 Å². The number of carboxylic acid groups (broad SMARTS) is 2. The molecule has 27 heavy (non-hydrogen) atoms. The SMILES string of the molecule is Cc1cccc(C)c1NC(=O)CN(C)C1CCN(C)CC1.O=C(O)C(=O)O. The molecule has 0 saturated carbocycles. The highest BCUT2D eigenvalue weighted by molar-refractivity contribution is 6.27. The quantitative estimate of drug-likeness (QED) is 0.679. The highest BCUT2D eigenvalue weighted by Crippen LogP contribution is 2.20. The first kappa shape index (κ1) is 22.6. The molecule has 0 unspecified atom stereocenters. The van der Waals surface area contributed by atoms with Gasteiger partial charge >= 0.3 is 11.9 Å². The Bertz CT molecular complexity index is 637. The predicted molar refractivity (Wildman–Crippen MR) is 103 cm³/mol. The number of anilines is 1. The average Bonchev–Trinajstić information content (AvgIpc) is 2.59. The van der Waals surface area contributed by atoms with Crippen LogP contribution in [0.3, 0.4) is 0 Å². The van der Waals surface area contributed by atoms with Gasteiger partial charge in [-0.2, -0.15) is 0 Å². The molecule has 0 aliphatic carbocycles. The Morgan fingerprint density at radius 3 is 2.04 bits per heavy atom. The molecule has 1 saturated heterocycles. The van der Waals surface area contributed by atoms with Crippen LogP contribution < -0.4 is 5.32 Å². The predicted octanol–water partition coefficient (Wildman–Crippen LogP) is 1.42. The molecule has 1 amide bonds. The smallest absolute Gasteiger partial charge is 0.414 e. The second-order valence-corrected chi connectivity index (χ2v) is 6.87. The van der Waals surface area contributed by atoms with Gasteiger partial charge < -0.3 is 20.4 Å². The van der Waals surface area contributed by atoms with E-state index in [0.717, 1.165) is 42.7 Å². The molecule has 1 aliphatic heterocycles. The number of carbonyl (C=O) groups is 3. The van der Waals surface area contributed by atoms with Crippen LogP contribution in [0.25, 0.3) is 0 Å². The van der Waals surface area contributed by atoms with Gasteiger partial charge in [-0.1, -0.05) is 18.2 Å². The lowest BCUT2D eigenvalue weighted by atomic mass is 10.0. The number of hydrogen-bond donors (Lipinski definition) is 3. The normalized spacial score (nSPS) is 15.0. The number of nitrogens with zero attached hydrogens (tertiary/aromatic N) is 2. The lowest BCUT2D eigenvalue weighted by molar-refractivity contribution is -0.159. The summed E-state index contributed by atoms with van der Waals surface area (Å²) in [5.41, 5.74) is 3.19. The number of rotatable bonds is 4. The Balaban J connectivity index is 0.000000527. The fourth-order valence-electron chi connectivity index (χ4n) is 2.98. The zero-order chi connectivity index (χ0) is 20.6. The number of para-hydroxylation sites is 1. The monoisotopic (exact) mass is 379 g/mol. The van der Waals surface area contributed by atoms with Crippen LogP contribution in [0.5, 0.6) is 0 Å². The number of carbonyl (C=O) groups excluding carboxylic acids is 1. The molecular formula is C19H29N3O5. The number of hydrogen-bond acceptors (Lipinski definition) is 5. The van der Waals surface area contributed by atoms with Gasteiger partial charge in [0.1, 0.15) is 0 Å². The van der Waals surface area contributed by atoms with Gasteiger partial charge in [0.15, 0.2) is 0 Å². The Kier molecular flexibility index (Phi) is 8.90. The lowest BCUT2D eigenvalue weighted by Crippen LogP contribution is -2.44. The average molecular weight is 379 g/mol. The highest BCUT2D eigenvalue weighted by atomic mass is 16.4. The number of aliphatic carboxylic acids is 2. The van der Waals surface area contributed by atoms with Crippen LogP contribution in [-0.2, 0) is 14.4 Å². The van der Waals surface area contributed by atoms with Gasteiger partial charge in [-0.15, -0.1) is 0 Å². The molecule has 1 aromatic carbocycles. The molecule has 0 bridgehead atoms. The summed E-state index contributed by atoms with van der Waals surface area (Å²) < 4.78 is 0. The standard InChI is InChI=1S/C17H27N3O.C2H2O4/c1-13-6-5-7-14(2)17(13)18-16(21)12-20(4)15-8-10-19(3)11-9-15;3-1(4)2(5)6/h5-7,15H,8-12H2,1-4H3,(H,18,21);(H,3,4)(H,5,6). The van der Waals surface area contributed by atoms with Crippen molar-refractivity contribution in [3.63, 3.8) is 0 Å². The molecule has 1 heterocycles. The maximum atomic E-state index is 12.3. The van der Waals surface area contributed by atoms with Crippen molar-refractivity contribution in [3.05, 3.63) is 29.3 Å². The van der Waals surface area contributed by atoms with E-state index >= 15 is 0 Å². The topological polar surface area (TPSA) is 110 Å². The van der Waals surface area contributed by atoms with Crippen molar-refractivity contribution in [2.24, 2.45) is 0 Å². The molecule has 8 nitrogen and oxygen atoms in total. The number of amides is 1. The van der Waals surface area contributed by atoms with Crippen molar-refractivity contribution >= 4 is 23.5 Å². The summed E-state index contributed by atoms with van der Waals surface area (Å²) in [7, 11) is 4.21. The van der Waals surface area contributed by atoms with E-state index in [1.54, 1.807) is 0 Å². The molecule has 1 fully saturated rings. The van der Waals surface area contributed by atoms with Gasteiger partial charge in [0.05, 0.1) is 6.54 Å². The van der Waals surface area contributed by atoms with Gasteiger partial charge in [-0.05, 0) is 65.0 Å². The zero-order valence-electron chi connectivity index (χ0n) is 16.4. The third-order valence-corrected chi connectivity index (χ3v) is 4.63. The number of likely N-dealkylation sites (N-methyl/N-ethyl adjacent to an activating group) is 1. The molecule has 8 heteroatoms. The number of carboxylic acids is 2. The van der Waals surface area contributed by atoms with E-state index in [4.69, 9.17) is 19.8 Å². The van der Waals surface area contributed by atoms with Crippen LogP contribution in [0.2, 0.25) is 0 Å². The van der Waals surface area contributed by atoms with E-state index in [1.807, 2.05) is 32.0 Å². The van der Waals surface area contributed by atoms with Crippen LogP contribution in [0, 0.1) is 13.8 Å². The number of nitrogens with one attached hydrogen (secondary N) is 1. The van der Waals surface area contributed by atoms with Crippen molar-refractivity contribution in [2.45, 2.75) is 32.7 Å². The molecule has 1 aromatic rings. The fourth-order valence-corrected chi connectivity index (χ4v) is 2.98. The maximum absolute atomic E-state index is 12.3. The Morgan fingerprint density at radius 1 is 1.11 bits per heavy atom. The Morgan fingerprint density at radius 2 is 1.59 bits per heavy atom. The number of aryl methyl sites for hydroxylation is 2. The second kappa shape index (κ2) is 10.6. The fraction of sp³-hybridized carbons (Fsp3) is 0.526. The van der Waals surface area contributed by atoms with Crippen molar-refractivity contribution in [1.29, 1.82) is 0 Å². The van der Waals surface area contributed by atoms with Gasteiger partial charge in [-0.25, -0.2) is 9.59 Å². The molecule has 3 N–H and O–H groups in total. The van der Waals surface area contributed by atoms with E-state index in [2.05, 4.69) is 29.2 Å². The minimum absolute atomic E-state index is 0.0776. The second-order valence-electron chi connectivity index (χ2n) is 6.87. The molecular weight excluding hydrogens is 350 g/mol. The van der Waals surface area contributed by atoms with Crippen molar-refractivity contribution in [2.75, 3.05) is 39.0 Å². The minimum atomic E-state index is -1.82. The van der Waals surface area contributed by atoms with E-state index < -0.39 is 11.9 Å². The van der Waals surface area contributed by atoms with Gasteiger partial charge in [0.2, 0.25) is 5.91 Å². The van der Waals surface area contributed by atoms with Crippen molar-refractivity contribution < 1.29 is 24.6 Å². The van der Waals surface area contributed by atoms with Crippen LogP contribution in [0.4, 0.5) is 5.69 Å². The van der Waals surface area contributed by atoms with Crippen molar-refractivity contribution in [3.8, 4) is 0 Å². The molecule has 0 spiro atoms. The van der Waals surface area contributed by atoms with Crippen LogP contribution in [0.1, 0.15) is 24.0 Å². The Hall–Kier alpha value is -2.45. The number of benzene rings is 1. The Labute approximate surface area is 159 Å². The van der Waals surface area contributed by atoms with Gasteiger partial charge in [0.25, 0.3) is 0 Å². The van der Waals surface area contributed by atoms with E-state index in [0.29, 0.717) is 12.6 Å². The molecule has 2 rings (SSSR count). The summed E-state index contributed by atoms with van der Waals surface area (Å²) in [5.74, 6) is -3.57. The lowest BCUT2D eigenvalue weighted by Gasteiger charge is -2.34. The zero-order valence-corrected chi connectivity index (χ0v) is 16.4. The van der Waals surface area contributed by atoms with Gasteiger partial charge in [0, 0.05) is 11.7 Å². The molecule has 0 aromatic heterocycles. The van der Waals surface area contributed by atoms with E-state index in [1.165, 1.54) is 0 Å². The van der Waals surface area contributed by atoms with E-state index in [-0.39, 0.29) is 5.91 Å². The summed E-state index contributed by atoms with van der Waals surface area (Å²) in [6.07, 6.45) is 2.29. The van der Waals surface area contributed by atoms with E-state index in [9.17, 15) is 4.79 Å². The number of likely N-dealkylation sites (tertiary alicyclic amines) is 1.